The largest absolute Gasteiger partial charge is 0.497 e. The minimum Gasteiger partial charge on any atom is -0.497 e. The van der Waals surface area contributed by atoms with Crippen molar-refractivity contribution in [3.05, 3.63) is 58.1 Å². The van der Waals surface area contributed by atoms with E-state index in [9.17, 15) is 14.9 Å². The van der Waals surface area contributed by atoms with Crippen LogP contribution < -0.4 is 14.4 Å². The van der Waals surface area contributed by atoms with Crippen molar-refractivity contribution in [1.29, 1.82) is 0 Å². The van der Waals surface area contributed by atoms with E-state index in [-0.39, 0.29) is 24.5 Å². The predicted octanol–water partition coefficient (Wildman–Crippen LogP) is 2.68. The summed E-state index contributed by atoms with van der Waals surface area (Å²) in [5.41, 5.74) is 0.592. The van der Waals surface area contributed by atoms with Crippen LogP contribution in [-0.2, 0) is 9.47 Å². The maximum Gasteiger partial charge on any atom is 0.340 e. The van der Waals surface area contributed by atoms with Crippen molar-refractivity contribution >= 4 is 17.3 Å². The molecule has 1 heterocycles. The molecular formula is C20H22N2O7. The lowest BCUT2D eigenvalue weighted by atomic mass is 10.1. The van der Waals surface area contributed by atoms with Gasteiger partial charge in [0.1, 0.15) is 24.7 Å². The van der Waals surface area contributed by atoms with E-state index in [0.717, 1.165) is 0 Å². The molecule has 0 amide bonds. The summed E-state index contributed by atoms with van der Waals surface area (Å²) in [7, 11) is 1.58. The summed E-state index contributed by atoms with van der Waals surface area (Å²) >= 11 is 0. The Hall–Kier alpha value is -3.33. The van der Waals surface area contributed by atoms with Crippen molar-refractivity contribution in [1.82, 2.24) is 0 Å². The van der Waals surface area contributed by atoms with E-state index in [4.69, 9.17) is 18.9 Å². The fourth-order valence-electron chi connectivity index (χ4n) is 2.92. The first-order valence-corrected chi connectivity index (χ1v) is 9.13. The zero-order valence-corrected chi connectivity index (χ0v) is 16.0. The lowest BCUT2D eigenvalue weighted by Crippen LogP contribution is -2.37. The summed E-state index contributed by atoms with van der Waals surface area (Å²) in [4.78, 5) is 25.1. The van der Waals surface area contributed by atoms with Crippen LogP contribution >= 0.6 is 0 Å². The third kappa shape index (κ3) is 5.35. The zero-order valence-electron chi connectivity index (χ0n) is 16.0. The maximum absolute atomic E-state index is 12.6. The number of hydrogen-bond acceptors (Lipinski definition) is 8. The Bertz CT molecular complexity index is 848. The van der Waals surface area contributed by atoms with E-state index < -0.39 is 10.9 Å². The Kier molecular flexibility index (Phi) is 6.85. The Morgan fingerprint density at radius 2 is 1.79 bits per heavy atom. The van der Waals surface area contributed by atoms with E-state index in [2.05, 4.69) is 0 Å². The molecular weight excluding hydrogens is 380 g/mol. The maximum atomic E-state index is 12.6. The molecule has 29 heavy (non-hydrogen) atoms. The van der Waals surface area contributed by atoms with Crippen LogP contribution in [0.5, 0.6) is 11.5 Å². The number of non-ortho nitro benzene ring substituents is 1. The van der Waals surface area contributed by atoms with Crippen LogP contribution in [0.1, 0.15) is 10.4 Å². The van der Waals surface area contributed by atoms with Crippen molar-refractivity contribution in [2.75, 3.05) is 51.5 Å². The summed E-state index contributed by atoms with van der Waals surface area (Å²) < 4.78 is 21.2. The predicted molar refractivity (Wildman–Crippen MR) is 105 cm³/mol. The molecule has 1 aliphatic heterocycles. The smallest absolute Gasteiger partial charge is 0.340 e. The number of nitro benzene ring substituents is 1. The number of nitrogens with zero attached hydrogens (tertiary/aromatic N) is 2. The molecule has 1 aliphatic rings. The van der Waals surface area contributed by atoms with Gasteiger partial charge in [0, 0.05) is 25.2 Å². The van der Waals surface area contributed by atoms with Gasteiger partial charge >= 0.3 is 5.97 Å². The van der Waals surface area contributed by atoms with Gasteiger partial charge in [-0.1, -0.05) is 0 Å². The number of morpholine rings is 1. The highest BCUT2D eigenvalue weighted by molar-refractivity contribution is 5.96. The molecule has 0 unspecified atom stereocenters. The first kappa shape index (κ1) is 20.4. The molecule has 1 fully saturated rings. The van der Waals surface area contributed by atoms with Crippen LogP contribution in [0.3, 0.4) is 0 Å². The van der Waals surface area contributed by atoms with Crippen molar-refractivity contribution in [3.63, 3.8) is 0 Å². The summed E-state index contributed by atoms with van der Waals surface area (Å²) in [6, 6.07) is 11.2. The molecule has 0 atom stereocenters. The van der Waals surface area contributed by atoms with Gasteiger partial charge in [-0.3, -0.25) is 10.1 Å². The number of rotatable bonds is 8. The minimum absolute atomic E-state index is 0.0100. The molecule has 9 heteroatoms. The van der Waals surface area contributed by atoms with Crippen LogP contribution in [0, 0.1) is 10.1 Å². The second kappa shape index (κ2) is 9.74. The molecule has 0 aromatic heterocycles. The Balaban J connectivity index is 1.63. The first-order chi connectivity index (χ1) is 14.1. The highest BCUT2D eigenvalue weighted by Gasteiger charge is 2.23. The molecule has 0 radical (unpaired) electrons. The van der Waals surface area contributed by atoms with E-state index in [1.807, 2.05) is 4.90 Å². The molecule has 154 valence electrons. The summed E-state index contributed by atoms with van der Waals surface area (Å²) in [6.45, 7) is 2.41. The summed E-state index contributed by atoms with van der Waals surface area (Å²) in [5.74, 6) is 0.699. The van der Waals surface area contributed by atoms with Crippen LogP contribution in [-0.4, -0.2) is 57.5 Å². The van der Waals surface area contributed by atoms with Crippen molar-refractivity contribution in [3.8, 4) is 11.5 Å². The Morgan fingerprint density at radius 3 is 2.45 bits per heavy atom. The summed E-state index contributed by atoms with van der Waals surface area (Å²) in [6.07, 6.45) is 0. The van der Waals surface area contributed by atoms with E-state index in [1.165, 1.54) is 12.1 Å². The second-order valence-electron chi connectivity index (χ2n) is 6.22. The average molecular weight is 402 g/mol. The van der Waals surface area contributed by atoms with Gasteiger partial charge in [0.15, 0.2) is 0 Å². The minimum atomic E-state index is -0.631. The fraction of sp³-hybridized carbons (Fsp3) is 0.350. The third-order valence-electron chi connectivity index (χ3n) is 4.41. The van der Waals surface area contributed by atoms with Crippen LogP contribution in [0.4, 0.5) is 11.4 Å². The van der Waals surface area contributed by atoms with Gasteiger partial charge in [-0.2, -0.15) is 0 Å². The molecule has 0 aliphatic carbocycles. The number of carbonyl (C=O) groups excluding carboxylic acids is 1. The topological polar surface area (TPSA) is 100 Å². The number of esters is 1. The van der Waals surface area contributed by atoms with Crippen molar-refractivity contribution in [2.24, 2.45) is 0 Å². The molecule has 0 saturated carbocycles. The van der Waals surface area contributed by atoms with Gasteiger partial charge in [-0.15, -0.1) is 0 Å². The second-order valence-corrected chi connectivity index (χ2v) is 6.22. The fourth-order valence-corrected chi connectivity index (χ4v) is 2.92. The number of carbonyl (C=O) groups is 1. The number of anilines is 1. The van der Waals surface area contributed by atoms with Gasteiger partial charge in [-0.05, 0) is 30.3 Å². The third-order valence-corrected chi connectivity index (χ3v) is 4.41. The van der Waals surface area contributed by atoms with Crippen molar-refractivity contribution in [2.45, 2.75) is 0 Å². The lowest BCUT2D eigenvalue weighted by Gasteiger charge is -2.30. The highest BCUT2D eigenvalue weighted by Crippen LogP contribution is 2.27. The van der Waals surface area contributed by atoms with Gasteiger partial charge < -0.3 is 23.8 Å². The Morgan fingerprint density at radius 1 is 1.10 bits per heavy atom. The molecule has 0 bridgehead atoms. The normalized spacial score (nSPS) is 13.6. The molecule has 3 rings (SSSR count). The quantitative estimate of drug-likeness (QED) is 0.288. The first-order valence-electron chi connectivity index (χ1n) is 9.13. The van der Waals surface area contributed by atoms with Gasteiger partial charge in [0.05, 0.1) is 36.5 Å². The highest BCUT2D eigenvalue weighted by atomic mass is 16.6. The monoisotopic (exact) mass is 402 g/mol. The molecule has 2 aromatic rings. The molecule has 0 spiro atoms. The van der Waals surface area contributed by atoms with E-state index in [1.54, 1.807) is 37.4 Å². The van der Waals surface area contributed by atoms with Crippen molar-refractivity contribution < 1.29 is 28.7 Å². The summed E-state index contributed by atoms with van der Waals surface area (Å²) in [5, 5.41) is 11.1. The number of methoxy groups -OCH3 is 1. The van der Waals surface area contributed by atoms with E-state index in [0.29, 0.717) is 43.5 Å². The average Bonchev–Trinajstić information content (AvgIpc) is 2.77. The SMILES string of the molecule is COc1ccc(OCCOC(=O)c2cc([N+](=O)[O-])ccc2N2CCOCC2)cc1. The lowest BCUT2D eigenvalue weighted by molar-refractivity contribution is -0.384. The zero-order chi connectivity index (χ0) is 20.6. The number of benzene rings is 2. The number of nitro groups is 1. The van der Waals surface area contributed by atoms with Gasteiger partial charge in [-0.25, -0.2) is 4.79 Å². The number of hydrogen-bond donors (Lipinski definition) is 0. The standard InChI is InChI=1S/C20H22N2O7/c1-26-16-3-5-17(6-4-16)28-12-13-29-20(23)18-14-15(22(24)25)2-7-19(18)21-8-10-27-11-9-21/h2-7,14H,8-13H2,1H3. The molecule has 0 N–H and O–H groups in total. The van der Waals surface area contributed by atoms with Gasteiger partial charge in [0.2, 0.25) is 0 Å². The molecule has 1 saturated heterocycles. The van der Waals surface area contributed by atoms with E-state index >= 15 is 0 Å². The number of ether oxygens (including phenoxy) is 4. The van der Waals surface area contributed by atoms with Gasteiger partial charge in [0.25, 0.3) is 5.69 Å². The van der Waals surface area contributed by atoms with Crippen LogP contribution in [0.2, 0.25) is 0 Å². The molecule has 9 nitrogen and oxygen atoms in total. The Labute approximate surface area is 167 Å². The van der Waals surface area contributed by atoms with Crippen LogP contribution in [0.25, 0.3) is 0 Å². The molecule has 2 aromatic carbocycles. The van der Waals surface area contributed by atoms with Crippen LogP contribution in [0.15, 0.2) is 42.5 Å².